The molecule has 122 valence electrons. The van der Waals surface area contributed by atoms with E-state index in [1.54, 1.807) is 25.7 Å². The Labute approximate surface area is 136 Å². The van der Waals surface area contributed by atoms with Crippen LogP contribution in [0.15, 0.2) is 30.7 Å². The van der Waals surface area contributed by atoms with Crippen molar-refractivity contribution in [1.29, 1.82) is 0 Å². The highest BCUT2D eigenvalue weighted by Gasteiger charge is 2.23. The molecule has 1 saturated heterocycles. The standard InChI is InChI=1S/C17H22N4O2/c1-13-4-3-7-19-16(13)23-12-14-5-10-21(11-6-14)15-17(22-2)20-9-8-18-15/h3-4,7-9,14H,5-6,10-12H2,1-2H3. The van der Waals surface area contributed by atoms with E-state index in [1.807, 2.05) is 19.1 Å². The van der Waals surface area contributed by atoms with Crippen molar-refractivity contribution in [2.45, 2.75) is 19.8 Å². The quantitative estimate of drug-likeness (QED) is 0.845. The normalized spacial score (nSPS) is 15.5. The van der Waals surface area contributed by atoms with Crippen molar-refractivity contribution in [3.8, 4) is 11.8 Å². The van der Waals surface area contributed by atoms with E-state index in [9.17, 15) is 0 Å². The van der Waals surface area contributed by atoms with Gasteiger partial charge in [-0.15, -0.1) is 0 Å². The Morgan fingerprint density at radius 3 is 2.57 bits per heavy atom. The number of methoxy groups -OCH3 is 1. The summed E-state index contributed by atoms with van der Waals surface area (Å²) >= 11 is 0. The molecule has 0 N–H and O–H groups in total. The summed E-state index contributed by atoms with van der Waals surface area (Å²) in [7, 11) is 1.63. The van der Waals surface area contributed by atoms with E-state index >= 15 is 0 Å². The van der Waals surface area contributed by atoms with Crippen molar-refractivity contribution in [2.75, 3.05) is 31.7 Å². The SMILES string of the molecule is COc1nccnc1N1CCC(COc2ncccc2C)CC1. The minimum atomic E-state index is 0.537. The number of hydrogen-bond donors (Lipinski definition) is 0. The molecule has 0 radical (unpaired) electrons. The molecule has 3 rings (SSSR count). The molecule has 6 heteroatoms. The van der Waals surface area contributed by atoms with Crippen LogP contribution in [0.5, 0.6) is 11.8 Å². The second kappa shape index (κ2) is 7.26. The maximum atomic E-state index is 5.88. The van der Waals surface area contributed by atoms with Crippen LogP contribution in [0.25, 0.3) is 0 Å². The molecule has 0 bridgehead atoms. The number of aromatic nitrogens is 3. The Balaban J connectivity index is 1.53. The summed E-state index contributed by atoms with van der Waals surface area (Å²) < 4.78 is 11.2. The fourth-order valence-corrected chi connectivity index (χ4v) is 2.81. The summed E-state index contributed by atoms with van der Waals surface area (Å²) in [5, 5.41) is 0. The third kappa shape index (κ3) is 3.70. The summed E-state index contributed by atoms with van der Waals surface area (Å²) in [5.74, 6) is 2.70. The number of aryl methyl sites for hydroxylation is 1. The van der Waals surface area contributed by atoms with Gasteiger partial charge in [0.1, 0.15) is 0 Å². The first-order valence-electron chi connectivity index (χ1n) is 7.92. The number of rotatable bonds is 5. The molecule has 0 saturated carbocycles. The molecule has 6 nitrogen and oxygen atoms in total. The van der Waals surface area contributed by atoms with Crippen LogP contribution in [0.4, 0.5) is 5.82 Å². The zero-order chi connectivity index (χ0) is 16.1. The highest BCUT2D eigenvalue weighted by molar-refractivity contribution is 5.47. The molecular formula is C17H22N4O2. The van der Waals surface area contributed by atoms with Crippen LogP contribution < -0.4 is 14.4 Å². The molecule has 0 aromatic carbocycles. The molecule has 1 fully saturated rings. The number of nitrogens with zero attached hydrogens (tertiary/aromatic N) is 4. The number of pyridine rings is 1. The number of piperidine rings is 1. The molecule has 3 heterocycles. The van der Waals surface area contributed by atoms with Crippen LogP contribution >= 0.6 is 0 Å². The first kappa shape index (κ1) is 15.5. The van der Waals surface area contributed by atoms with Gasteiger partial charge in [-0.05, 0) is 31.7 Å². The van der Waals surface area contributed by atoms with Crippen molar-refractivity contribution in [1.82, 2.24) is 15.0 Å². The Bertz CT molecular complexity index is 642. The van der Waals surface area contributed by atoms with Gasteiger partial charge in [0.2, 0.25) is 5.88 Å². The third-order valence-electron chi connectivity index (χ3n) is 4.17. The van der Waals surface area contributed by atoms with Crippen LogP contribution in [0.1, 0.15) is 18.4 Å². The fourth-order valence-electron chi connectivity index (χ4n) is 2.81. The maximum Gasteiger partial charge on any atom is 0.257 e. The van der Waals surface area contributed by atoms with Crippen molar-refractivity contribution in [3.05, 3.63) is 36.3 Å². The summed E-state index contributed by atoms with van der Waals surface area (Å²) in [6.45, 7) is 4.60. The molecule has 0 atom stereocenters. The summed E-state index contributed by atoms with van der Waals surface area (Å²) in [6.07, 6.45) is 7.25. The Kier molecular flexibility index (Phi) is 4.90. The molecule has 1 aliphatic heterocycles. The lowest BCUT2D eigenvalue weighted by Gasteiger charge is -2.32. The zero-order valence-electron chi connectivity index (χ0n) is 13.6. The monoisotopic (exact) mass is 314 g/mol. The van der Waals surface area contributed by atoms with E-state index < -0.39 is 0 Å². The Morgan fingerprint density at radius 1 is 1.09 bits per heavy atom. The lowest BCUT2D eigenvalue weighted by atomic mass is 9.98. The zero-order valence-corrected chi connectivity index (χ0v) is 13.6. The van der Waals surface area contributed by atoms with Gasteiger partial charge < -0.3 is 14.4 Å². The van der Waals surface area contributed by atoms with Crippen LogP contribution in [-0.2, 0) is 0 Å². The summed E-state index contributed by atoms with van der Waals surface area (Å²) in [5.41, 5.74) is 1.08. The van der Waals surface area contributed by atoms with E-state index in [2.05, 4.69) is 19.9 Å². The molecule has 23 heavy (non-hydrogen) atoms. The van der Waals surface area contributed by atoms with Gasteiger partial charge in [-0.3, -0.25) is 0 Å². The van der Waals surface area contributed by atoms with Gasteiger partial charge in [0.05, 0.1) is 13.7 Å². The van der Waals surface area contributed by atoms with Crippen LogP contribution in [0.3, 0.4) is 0 Å². The molecule has 0 spiro atoms. The summed E-state index contributed by atoms with van der Waals surface area (Å²) in [6, 6.07) is 3.94. The van der Waals surface area contributed by atoms with E-state index in [1.165, 1.54) is 0 Å². The van der Waals surface area contributed by atoms with Crippen LogP contribution in [0, 0.1) is 12.8 Å². The molecule has 2 aromatic heterocycles. The smallest absolute Gasteiger partial charge is 0.257 e. The van der Waals surface area contributed by atoms with Crippen molar-refractivity contribution in [3.63, 3.8) is 0 Å². The van der Waals surface area contributed by atoms with Gasteiger partial charge in [-0.2, -0.15) is 0 Å². The Morgan fingerprint density at radius 2 is 1.83 bits per heavy atom. The van der Waals surface area contributed by atoms with Gasteiger partial charge in [0.15, 0.2) is 5.82 Å². The van der Waals surface area contributed by atoms with E-state index in [-0.39, 0.29) is 0 Å². The second-order valence-corrected chi connectivity index (χ2v) is 5.76. The molecule has 1 aliphatic rings. The molecule has 2 aromatic rings. The Hall–Kier alpha value is -2.37. The van der Waals surface area contributed by atoms with E-state index in [4.69, 9.17) is 9.47 Å². The topological polar surface area (TPSA) is 60.4 Å². The van der Waals surface area contributed by atoms with Gasteiger partial charge in [-0.1, -0.05) is 6.07 Å². The minimum absolute atomic E-state index is 0.537. The first-order valence-corrected chi connectivity index (χ1v) is 7.92. The number of anilines is 1. The molecular weight excluding hydrogens is 292 g/mol. The molecule has 0 unspecified atom stereocenters. The van der Waals surface area contributed by atoms with Crippen LogP contribution in [-0.4, -0.2) is 41.8 Å². The van der Waals surface area contributed by atoms with E-state index in [0.29, 0.717) is 18.4 Å². The highest BCUT2D eigenvalue weighted by Crippen LogP contribution is 2.27. The average Bonchev–Trinajstić information content (AvgIpc) is 2.61. The highest BCUT2D eigenvalue weighted by atomic mass is 16.5. The van der Waals surface area contributed by atoms with Crippen molar-refractivity contribution < 1.29 is 9.47 Å². The van der Waals surface area contributed by atoms with Gasteiger partial charge in [-0.25, -0.2) is 15.0 Å². The third-order valence-corrected chi connectivity index (χ3v) is 4.17. The maximum absolute atomic E-state index is 5.88. The van der Waals surface area contributed by atoms with Gasteiger partial charge >= 0.3 is 0 Å². The predicted molar refractivity (Wildman–Crippen MR) is 88.0 cm³/mol. The number of ether oxygens (including phenoxy) is 2. The van der Waals surface area contributed by atoms with E-state index in [0.717, 1.165) is 43.2 Å². The van der Waals surface area contributed by atoms with Gasteiger partial charge in [0.25, 0.3) is 5.88 Å². The minimum Gasteiger partial charge on any atom is -0.478 e. The molecule has 0 amide bonds. The largest absolute Gasteiger partial charge is 0.478 e. The summed E-state index contributed by atoms with van der Waals surface area (Å²) in [4.78, 5) is 15.1. The molecule has 0 aliphatic carbocycles. The number of hydrogen-bond acceptors (Lipinski definition) is 6. The second-order valence-electron chi connectivity index (χ2n) is 5.76. The lowest BCUT2D eigenvalue weighted by Crippen LogP contribution is -2.36. The van der Waals surface area contributed by atoms with Crippen molar-refractivity contribution >= 4 is 5.82 Å². The average molecular weight is 314 g/mol. The fraction of sp³-hybridized carbons (Fsp3) is 0.471. The van der Waals surface area contributed by atoms with Crippen LogP contribution in [0.2, 0.25) is 0 Å². The predicted octanol–water partition coefficient (Wildman–Crippen LogP) is 2.48. The van der Waals surface area contributed by atoms with Gasteiger partial charge in [0, 0.05) is 37.2 Å². The lowest BCUT2D eigenvalue weighted by molar-refractivity contribution is 0.214. The first-order chi connectivity index (χ1) is 11.3. The van der Waals surface area contributed by atoms with Crippen molar-refractivity contribution in [2.24, 2.45) is 5.92 Å².